The van der Waals surface area contributed by atoms with Gasteiger partial charge in [-0.05, 0) is 12.1 Å². The lowest BCUT2D eigenvalue weighted by Gasteiger charge is -1.97. The molecule has 11 heavy (non-hydrogen) atoms. The molecule has 1 rings (SSSR count). The molecule has 0 aliphatic heterocycles. The Morgan fingerprint density at radius 1 is 1.55 bits per heavy atom. The molecule has 2 N–H and O–H groups in total. The molecule has 0 fully saturated rings. The summed E-state index contributed by atoms with van der Waals surface area (Å²) in [7, 11) is 0. The van der Waals surface area contributed by atoms with Crippen LogP contribution in [0, 0.1) is 0 Å². The number of halogens is 1. The van der Waals surface area contributed by atoms with Gasteiger partial charge in [-0.25, -0.2) is 0 Å². The number of rotatable bonds is 2. The first-order valence-corrected chi connectivity index (χ1v) is 4.31. The molecule has 58 valence electrons. The zero-order valence-electron chi connectivity index (χ0n) is 5.88. The normalized spacial score (nSPS) is 9.55. The molecule has 3 heteroatoms. The van der Waals surface area contributed by atoms with Gasteiger partial charge in [0.2, 0.25) is 0 Å². The Bertz CT molecular complexity index is 273. The van der Waals surface area contributed by atoms with Crippen LogP contribution < -0.4 is 5.73 Å². The zero-order valence-corrected chi connectivity index (χ0v) is 7.47. The van der Waals surface area contributed by atoms with Crippen LogP contribution in [0.5, 0.6) is 0 Å². The molecule has 2 nitrogen and oxygen atoms in total. The van der Waals surface area contributed by atoms with E-state index in [1.165, 1.54) is 0 Å². The second-order valence-corrected chi connectivity index (χ2v) is 2.74. The largest absolute Gasteiger partial charge is 0.399 e. The fraction of sp³-hybridized carbons (Fsp3) is 0.125. The number of nitrogen functional groups attached to an aromatic ring is 1. The lowest BCUT2D eigenvalue weighted by atomic mass is 10.1. The van der Waals surface area contributed by atoms with Crippen molar-refractivity contribution in [2.24, 2.45) is 0 Å². The van der Waals surface area contributed by atoms with Gasteiger partial charge in [0.25, 0.3) is 0 Å². The van der Waals surface area contributed by atoms with Gasteiger partial charge in [-0.15, -0.1) is 0 Å². The molecule has 0 radical (unpaired) electrons. The highest BCUT2D eigenvalue weighted by molar-refractivity contribution is 9.09. The highest BCUT2D eigenvalue weighted by Gasteiger charge is 2.01. The van der Waals surface area contributed by atoms with Gasteiger partial charge in [0.05, 0.1) is 5.33 Å². The van der Waals surface area contributed by atoms with Gasteiger partial charge < -0.3 is 5.73 Å². The third kappa shape index (κ3) is 2.05. The van der Waals surface area contributed by atoms with Crippen LogP contribution in [-0.2, 0) is 0 Å². The van der Waals surface area contributed by atoms with E-state index in [1.807, 2.05) is 0 Å². The van der Waals surface area contributed by atoms with Gasteiger partial charge in [0.1, 0.15) is 0 Å². The summed E-state index contributed by atoms with van der Waals surface area (Å²) in [6.45, 7) is 0. The fourth-order valence-corrected chi connectivity index (χ4v) is 1.11. The van der Waals surface area contributed by atoms with E-state index in [2.05, 4.69) is 15.9 Å². The Hall–Kier alpha value is -0.830. The van der Waals surface area contributed by atoms with E-state index in [4.69, 9.17) is 5.73 Å². The van der Waals surface area contributed by atoms with Crippen molar-refractivity contribution in [2.75, 3.05) is 11.1 Å². The Morgan fingerprint density at radius 3 is 2.82 bits per heavy atom. The van der Waals surface area contributed by atoms with Crippen molar-refractivity contribution in [1.29, 1.82) is 0 Å². The average molecular weight is 214 g/mol. The number of alkyl halides is 1. The molecule has 0 saturated carbocycles. The van der Waals surface area contributed by atoms with Crippen LogP contribution in [0.1, 0.15) is 10.4 Å². The highest BCUT2D eigenvalue weighted by Crippen LogP contribution is 2.07. The van der Waals surface area contributed by atoms with E-state index in [1.54, 1.807) is 24.3 Å². The first-order valence-electron chi connectivity index (χ1n) is 3.18. The minimum Gasteiger partial charge on any atom is -0.399 e. The van der Waals surface area contributed by atoms with Crippen molar-refractivity contribution in [1.82, 2.24) is 0 Å². The topological polar surface area (TPSA) is 43.1 Å². The third-order valence-electron chi connectivity index (χ3n) is 1.33. The third-order valence-corrected chi connectivity index (χ3v) is 1.84. The summed E-state index contributed by atoms with van der Waals surface area (Å²) in [4.78, 5) is 11.1. The molecule has 0 aliphatic carbocycles. The van der Waals surface area contributed by atoms with Crippen LogP contribution in [-0.4, -0.2) is 11.1 Å². The van der Waals surface area contributed by atoms with E-state index in [0.29, 0.717) is 16.6 Å². The minimum absolute atomic E-state index is 0.0531. The van der Waals surface area contributed by atoms with Crippen molar-refractivity contribution < 1.29 is 4.79 Å². The van der Waals surface area contributed by atoms with Crippen LogP contribution in [0.25, 0.3) is 0 Å². The molecule has 0 atom stereocenters. The lowest BCUT2D eigenvalue weighted by Crippen LogP contribution is -2.00. The van der Waals surface area contributed by atoms with Gasteiger partial charge >= 0.3 is 0 Å². The van der Waals surface area contributed by atoms with Gasteiger partial charge in [-0.1, -0.05) is 28.1 Å². The molecule has 0 spiro atoms. The van der Waals surface area contributed by atoms with E-state index in [-0.39, 0.29) is 5.78 Å². The molecule has 0 unspecified atom stereocenters. The minimum atomic E-state index is 0.0531. The first-order chi connectivity index (χ1) is 5.24. The molecule has 0 amide bonds. The quantitative estimate of drug-likeness (QED) is 0.463. The number of hydrogen-bond acceptors (Lipinski definition) is 2. The van der Waals surface area contributed by atoms with Crippen LogP contribution in [0.3, 0.4) is 0 Å². The number of ketones is 1. The van der Waals surface area contributed by atoms with E-state index in [9.17, 15) is 4.79 Å². The summed E-state index contributed by atoms with van der Waals surface area (Å²) in [5.74, 6) is 0.0531. The molecule has 1 aromatic rings. The predicted octanol–water partition coefficient (Wildman–Crippen LogP) is 1.85. The second kappa shape index (κ2) is 3.53. The van der Waals surface area contributed by atoms with Crippen molar-refractivity contribution in [3.63, 3.8) is 0 Å². The van der Waals surface area contributed by atoms with Gasteiger partial charge in [-0.3, -0.25) is 4.79 Å². The fourth-order valence-electron chi connectivity index (χ4n) is 0.789. The number of nitrogens with two attached hydrogens (primary N) is 1. The molecule has 0 heterocycles. The Morgan fingerprint density at radius 2 is 2.27 bits per heavy atom. The predicted molar refractivity (Wildman–Crippen MR) is 49.0 cm³/mol. The standard InChI is InChI=1S/C8H8BrNO/c9-5-8(11)6-2-1-3-7(10)4-6/h1-4H,5,10H2. The van der Waals surface area contributed by atoms with Crippen molar-refractivity contribution in [3.05, 3.63) is 29.8 Å². The maximum Gasteiger partial charge on any atom is 0.173 e. The Balaban J connectivity index is 2.96. The molecule has 0 saturated heterocycles. The summed E-state index contributed by atoms with van der Waals surface area (Å²) in [5, 5.41) is 0.344. The molecule has 0 bridgehead atoms. The summed E-state index contributed by atoms with van der Waals surface area (Å²) >= 11 is 3.09. The van der Waals surface area contributed by atoms with Crippen molar-refractivity contribution >= 4 is 27.4 Å². The van der Waals surface area contributed by atoms with E-state index in [0.717, 1.165) is 0 Å². The van der Waals surface area contributed by atoms with Crippen LogP contribution in [0.4, 0.5) is 5.69 Å². The SMILES string of the molecule is Nc1cccc(C(=O)CBr)c1. The van der Waals surface area contributed by atoms with Crippen LogP contribution in [0.2, 0.25) is 0 Å². The van der Waals surface area contributed by atoms with Gasteiger partial charge in [-0.2, -0.15) is 0 Å². The maximum atomic E-state index is 11.1. The van der Waals surface area contributed by atoms with Crippen molar-refractivity contribution in [2.45, 2.75) is 0 Å². The highest BCUT2D eigenvalue weighted by atomic mass is 79.9. The van der Waals surface area contributed by atoms with Crippen molar-refractivity contribution in [3.8, 4) is 0 Å². The Kier molecular flexibility index (Phi) is 2.65. The van der Waals surface area contributed by atoms with Crippen LogP contribution >= 0.6 is 15.9 Å². The van der Waals surface area contributed by atoms with Gasteiger partial charge in [0.15, 0.2) is 5.78 Å². The monoisotopic (exact) mass is 213 g/mol. The molecular weight excluding hydrogens is 206 g/mol. The molecule has 0 aromatic heterocycles. The Labute approximate surface area is 73.5 Å². The second-order valence-electron chi connectivity index (χ2n) is 2.18. The number of anilines is 1. The maximum absolute atomic E-state index is 11.1. The number of hydrogen-bond donors (Lipinski definition) is 1. The van der Waals surface area contributed by atoms with Gasteiger partial charge in [0, 0.05) is 11.3 Å². The van der Waals surface area contributed by atoms with E-state index < -0.39 is 0 Å². The van der Waals surface area contributed by atoms with E-state index >= 15 is 0 Å². The number of Topliss-reactive ketones (excluding diaryl/α,β-unsaturated/α-hetero) is 1. The summed E-state index contributed by atoms with van der Waals surface area (Å²) in [6.07, 6.45) is 0. The first kappa shape index (κ1) is 8.27. The number of carbonyl (C=O) groups is 1. The lowest BCUT2D eigenvalue weighted by molar-refractivity contribution is 0.102. The summed E-state index contributed by atoms with van der Waals surface area (Å²) < 4.78 is 0. The smallest absolute Gasteiger partial charge is 0.173 e. The average Bonchev–Trinajstić information content (AvgIpc) is 2.03. The molecule has 1 aromatic carbocycles. The zero-order chi connectivity index (χ0) is 8.27. The van der Waals surface area contributed by atoms with Crippen LogP contribution in [0.15, 0.2) is 24.3 Å². The summed E-state index contributed by atoms with van der Waals surface area (Å²) in [5.41, 5.74) is 6.76. The molecule has 0 aliphatic rings. The molecular formula is C8H8BrNO. The number of benzene rings is 1. The summed E-state index contributed by atoms with van der Waals surface area (Å²) in [6, 6.07) is 6.94. The number of carbonyl (C=O) groups excluding carboxylic acids is 1.